The number of amides is 2. The number of hydrogen-bond donors (Lipinski definition) is 1. The highest BCUT2D eigenvalue weighted by Crippen LogP contribution is 2.39. The number of fused-ring (bicyclic) bond motifs is 1. The van der Waals surface area contributed by atoms with Crippen molar-refractivity contribution in [2.75, 3.05) is 36.4 Å². The van der Waals surface area contributed by atoms with Crippen LogP contribution in [0.2, 0.25) is 0 Å². The van der Waals surface area contributed by atoms with Crippen LogP contribution < -0.4 is 10.2 Å². The summed E-state index contributed by atoms with van der Waals surface area (Å²) in [6.45, 7) is 4.88. The van der Waals surface area contributed by atoms with Gasteiger partial charge in [-0.1, -0.05) is 30.3 Å². The third-order valence-corrected chi connectivity index (χ3v) is 7.56. The van der Waals surface area contributed by atoms with Crippen LogP contribution in [0.1, 0.15) is 44.6 Å². The highest BCUT2D eigenvalue weighted by molar-refractivity contribution is 6.09. The summed E-state index contributed by atoms with van der Waals surface area (Å²) < 4.78 is 0. The molecular formula is C28H32N4O2. The van der Waals surface area contributed by atoms with E-state index in [1.165, 1.54) is 24.9 Å². The number of carbonyl (C=O) groups excluding carboxylic acids is 2. The zero-order chi connectivity index (χ0) is 23.5. The molecule has 1 aromatic heterocycles. The minimum Gasteiger partial charge on any atom is -0.371 e. The Kier molecular flexibility index (Phi) is 6.22. The Bertz CT molecular complexity index is 1180. The quantitative estimate of drug-likeness (QED) is 0.616. The molecule has 2 amide bonds. The fourth-order valence-corrected chi connectivity index (χ4v) is 5.54. The van der Waals surface area contributed by atoms with Gasteiger partial charge in [0, 0.05) is 62.0 Å². The second-order valence-electron chi connectivity index (χ2n) is 9.51. The van der Waals surface area contributed by atoms with E-state index < -0.39 is 5.41 Å². The number of likely N-dealkylation sites (tertiary alicyclic amines) is 1. The molecule has 0 spiro atoms. The molecule has 2 aliphatic rings. The van der Waals surface area contributed by atoms with Gasteiger partial charge in [-0.2, -0.15) is 0 Å². The monoisotopic (exact) mass is 456 g/mol. The lowest BCUT2D eigenvalue weighted by Crippen LogP contribution is -2.50. The Morgan fingerprint density at radius 2 is 1.62 bits per heavy atom. The minimum atomic E-state index is -0.673. The van der Waals surface area contributed by atoms with Gasteiger partial charge < -0.3 is 15.1 Å². The summed E-state index contributed by atoms with van der Waals surface area (Å²) in [6, 6.07) is 16.2. The Labute approximate surface area is 201 Å². The second-order valence-corrected chi connectivity index (χ2v) is 9.51. The van der Waals surface area contributed by atoms with Crippen LogP contribution in [0.5, 0.6) is 0 Å². The average Bonchev–Trinajstić information content (AvgIpc) is 2.90. The van der Waals surface area contributed by atoms with Gasteiger partial charge in [-0.05, 0) is 55.9 Å². The molecule has 1 N–H and O–H groups in total. The number of anilines is 2. The number of nitrogens with one attached hydrogen (secondary N) is 1. The number of nitrogens with zero attached hydrogens (tertiary/aromatic N) is 3. The molecule has 5 rings (SSSR count). The number of piperidine rings is 2. The molecule has 176 valence electrons. The molecule has 0 radical (unpaired) electrons. The Hall–Kier alpha value is -3.41. The van der Waals surface area contributed by atoms with Crippen LogP contribution in [0.25, 0.3) is 10.8 Å². The van der Waals surface area contributed by atoms with Gasteiger partial charge in [0.05, 0.1) is 11.1 Å². The standard InChI is InChI=1S/C28H32N4O2/c1-21(33)31-18-13-28(14-19-31,22-8-4-2-5-9-22)27(34)30-25-10-11-26(32-16-6-3-7-17-32)23-12-15-29-20-24(23)25/h2,4-5,8-12,15,20H,3,6-7,13-14,16-19H2,1H3,(H,30,34). The van der Waals surface area contributed by atoms with Gasteiger partial charge in [0.1, 0.15) is 0 Å². The van der Waals surface area contributed by atoms with Crippen LogP contribution in [0.3, 0.4) is 0 Å². The molecule has 2 fully saturated rings. The van der Waals surface area contributed by atoms with Crippen LogP contribution in [0.15, 0.2) is 60.9 Å². The van der Waals surface area contributed by atoms with Crippen molar-refractivity contribution < 1.29 is 9.59 Å². The number of carbonyl (C=O) groups is 2. The molecule has 0 unspecified atom stereocenters. The van der Waals surface area contributed by atoms with Gasteiger partial charge in [0.25, 0.3) is 0 Å². The summed E-state index contributed by atoms with van der Waals surface area (Å²) in [7, 11) is 0. The predicted octanol–water partition coefficient (Wildman–Crippen LogP) is 4.74. The maximum absolute atomic E-state index is 14.0. The summed E-state index contributed by atoms with van der Waals surface area (Å²) in [4.78, 5) is 34.5. The van der Waals surface area contributed by atoms with E-state index in [-0.39, 0.29) is 11.8 Å². The first-order valence-electron chi connectivity index (χ1n) is 12.3. The van der Waals surface area contributed by atoms with Crippen LogP contribution in [-0.4, -0.2) is 47.9 Å². The third-order valence-electron chi connectivity index (χ3n) is 7.56. The maximum Gasteiger partial charge on any atom is 0.235 e. The maximum atomic E-state index is 14.0. The van der Waals surface area contributed by atoms with Crippen molar-refractivity contribution in [3.8, 4) is 0 Å². The lowest BCUT2D eigenvalue weighted by molar-refractivity contribution is -0.133. The van der Waals surface area contributed by atoms with Crippen LogP contribution in [-0.2, 0) is 15.0 Å². The molecule has 0 atom stereocenters. The first-order valence-corrected chi connectivity index (χ1v) is 12.3. The van der Waals surface area contributed by atoms with E-state index >= 15 is 0 Å². The molecule has 2 aliphatic heterocycles. The smallest absolute Gasteiger partial charge is 0.235 e. The number of benzene rings is 2. The van der Waals surface area contributed by atoms with Gasteiger partial charge in [0.15, 0.2) is 0 Å². The molecule has 0 aliphatic carbocycles. The molecule has 2 aromatic carbocycles. The van der Waals surface area contributed by atoms with E-state index in [0.717, 1.165) is 35.1 Å². The fraction of sp³-hybridized carbons (Fsp3) is 0.393. The molecule has 2 saturated heterocycles. The van der Waals surface area contributed by atoms with Crippen molar-refractivity contribution in [2.24, 2.45) is 0 Å². The summed E-state index contributed by atoms with van der Waals surface area (Å²) in [6.07, 6.45) is 8.59. The first-order chi connectivity index (χ1) is 16.6. The topological polar surface area (TPSA) is 65.5 Å². The van der Waals surface area contributed by atoms with Crippen LogP contribution in [0.4, 0.5) is 11.4 Å². The minimum absolute atomic E-state index is 0.0159. The van der Waals surface area contributed by atoms with Gasteiger partial charge in [-0.25, -0.2) is 0 Å². The van der Waals surface area contributed by atoms with Crippen molar-refractivity contribution in [1.29, 1.82) is 0 Å². The Morgan fingerprint density at radius 1 is 0.882 bits per heavy atom. The molecule has 6 nitrogen and oxygen atoms in total. The number of hydrogen-bond acceptors (Lipinski definition) is 4. The number of aromatic nitrogens is 1. The summed E-state index contributed by atoms with van der Waals surface area (Å²) in [5.74, 6) is 0.0465. The van der Waals surface area contributed by atoms with Crippen LogP contribution in [0, 0.1) is 0 Å². The normalized spacial score (nSPS) is 18.0. The largest absolute Gasteiger partial charge is 0.371 e. The molecule has 0 saturated carbocycles. The third kappa shape index (κ3) is 4.13. The molecular weight excluding hydrogens is 424 g/mol. The summed E-state index contributed by atoms with van der Waals surface area (Å²) >= 11 is 0. The summed E-state index contributed by atoms with van der Waals surface area (Å²) in [5.41, 5.74) is 2.33. The van der Waals surface area contributed by atoms with E-state index in [1.54, 1.807) is 6.92 Å². The van der Waals surface area contributed by atoms with E-state index in [1.807, 2.05) is 59.8 Å². The zero-order valence-corrected chi connectivity index (χ0v) is 19.8. The van der Waals surface area contributed by atoms with Gasteiger partial charge in [-0.3, -0.25) is 14.6 Å². The van der Waals surface area contributed by atoms with E-state index in [2.05, 4.69) is 21.3 Å². The van der Waals surface area contributed by atoms with E-state index in [9.17, 15) is 9.59 Å². The first kappa shape index (κ1) is 22.4. The predicted molar refractivity (Wildman–Crippen MR) is 136 cm³/mol. The van der Waals surface area contributed by atoms with Crippen molar-refractivity contribution in [1.82, 2.24) is 9.88 Å². The lowest BCUT2D eigenvalue weighted by Gasteiger charge is -2.41. The Morgan fingerprint density at radius 3 is 2.32 bits per heavy atom. The van der Waals surface area contributed by atoms with Gasteiger partial charge >= 0.3 is 0 Å². The molecule has 6 heteroatoms. The molecule has 0 bridgehead atoms. The highest BCUT2D eigenvalue weighted by atomic mass is 16.2. The molecule has 3 aromatic rings. The zero-order valence-electron chi connectivity index (χ0n) is 19.8. The second kappa shape index (κ2) is 9.45. The molecule has 3 heterocycles. The SMILES string of the molecule is CC(=O)N1CCC(C(=O)Nc2ccc(N3CCCCC3)c3ccncc23)(c2ccccc2)CC1. The van der Waals surface area contributed by atoms with Crippen molar-refractivity contribution in [3.63, 3.8) is 0 Å². The average molecular weight is 457 g/mol. The van der Waals surface area contributed by atoms with Crippen molar-refractivity contribution in [2.45, 2.75) is 44.4 Å². The van der Waals surface area contributed by atoms with E-state index in [0.29, 0.717) is 25.9 Å². The van der Waals surface area contributed by atoms with E-state index in [4.69, 9.17) is 0 Å². The lowest BCUT2D eigenvalue weighted by atomic mass is 9.72. The van der Waals surface area contributed by atoms with Crippen molar-refractivity contribution >= 4 is 34.0 Å². The highest BCUT2D eigenvalue weighted by Gasteiger charge is 2.43. The molecule has 34 heavy (non-hydrogen) atoms. The number of rotatable bonds is 4. The fourth-order valence-electron chi connectivity index (χ4n) is 5.54. The Balaban J connectivity index is 1.48. The summed E-state index contributed by atoms with van der Waals surface area (Å²) in [5, 5.41) is 5.35. The van der Waals surface area contributed by atoms with Crippen LogP contribution >= 0.6 is 0 Å². The number of pyridine rings is 1. The van der Waals surface area contributed by atoms with Gasteiger partial charge in [0.2, 0.25) is 11.8 Å². The van der Waals surface area contributed by atoms with Crippen molar-refractivity contribution in [3.05, 3.63) is 66.5 Å². The van der Waals surface area contributed by atoms with Gasteiger partial charge in [-0.15, -0.1) is 0 Å².